The molecule has 33 heavy (non-hydrogen) atoms. The molecule has 1 heterocycles. The largest absolute Gasteiger partial charge is 0.361 e. The van der Waals surface area contributed by atoms with E-state index < -0.39 is 5.54 Å². The lowest BCUT2D eigenvalue weighted by atomic mass is 9.80. The van der Waals surface area contributed by atoms with E-state index in [9.17, 15) is 14.0 Å². The summed E-state index contributed by atoms with van der Waals surface area (Å²) in [7, 11) is 0. The van der Waals surface area contributed by atoms with Crippen molar-refractivity contribution in [2.75, 3.05) is 6.54 Å². The first-order chi connectivity index (χ1) is 16.0. The Kier molecular flexibility index (Phi) is 7.28. The highest BCUT2D eigenvalue weighted by molar-refractivity contribution is 9.10. The lowest BCUT2D eigenvalue weighted by Crippen LogP contribution is -2.59. The molecule has 1 aromatic heterocycles. The Morgan fingerprint density at radius 3 is 2.70 bits per heavy atom. The number of nitrogens with one attached hydrogen (secondary N) is 3. The Bertz CT molecular complexity index is 1180. The molecule has 172 valence electrons. The lowest BCUT2D eigenvalue weighted by molar-refractivity contribution is -0.133. The van der Waals surface area contributed by atoms with Gasteiger partial charge in [-0.25, -0.2) is 4.39 Å². The van der Waals surface area contributed by atoms with Gasteiger partial charge in [0.15, 0.2) is 0 Å². The minimum Gasteiger partial charge on any atom is -0.361 e. The monoisotopic (exact) mass is 511 g/mol. The summed E-state index contributed by atoms with van der Waals surface area (Å²) >= 11 is 3.15. The van der Waals surface area contributed by atoms with Gasteiger partial charge in [0.25, 0.3) is 0 Å². The normalized spacial score (nSPS) is 15.6. The minimum absolute atomic E-state index is 0.131. The van der Waals surface area contributed by atoms with Crippen LogP contribution in [0.25, 0.3) is 17.0 Å². The Labute approximate surface area is 201 Å². The van der Waals surface area contributed by atoms with E-state index in [-0.39, 0.29) is 17.6 Å². The average molecular weight is 512 g/mol. The van der Waals surface area contributed by atoms with Gasteiger partial charge in [-0.05, 0) is 70.6 Å². The van der Waals surface area contributed by atoms with Crippen molar-refractivity contribution in [3.05, 3.63) is 76.2 Å². The third-order valence-corrected chi connectivity index (χ3v) is 6.84. The molecule has 1 saturated carbocycles. The molecule has 4 rings (SSSR count). The predicted octanol–water partition coefficient (Wildman–Crippen LogP) is 5.26. The van der Waals surface area contributed by atoms with Gasteiger partial charge in [0, 0.05) is 29.7 Å². The molecule has 0 aliphatic heterocycles. The summed E-state index contributed by atoms with van der Waals surface area (Å²) in [4.78, 5) is 29.1. The van der Waals surface area contributed by atoms with Crippen molar-refractivity contribution in [3.63, 3.8) is 0 Å². The van der Waals surface area contributed by atoms with Gasteiger partial charge in [-0.15, -0.1) is 0 Å². The number of carbonyl (C=O) groups is 2. The van der Waals surface area contributed by atoms with Crippen molar-refractivity contribution in [2.45, 2.75) is 44.1 Å². The quantitative estimate of drug-likeness (QED) is 0.378. The molecule has 2 aromatic carbocycles. The van der Waals surface area contributed by atoms with Gasteiger partial charge in [0.05, 0.1) is 4.47 Å². The highest BCUT2D eigenvalue weighted by Crippen LogP contribution is 2.29. The van der Waals surface area contributed by atoms with Crippen molar-refractivity contribution >= 4 is 44.7 Å². The van der Waals surface area contributed by atoms with Crippen LogP contribution >= 0.6 is 15.9 Å². The van der Waals surface area contributed by atoms with E-state index in [4.69, 9.17) is 0 Å². The van der Waals surface area contributed by atoms with E-state index in [2.05, 4.69) is 37.6 Å². The molecule has 3 aromatic rings. The van der Waals surface area contributed by atoms with Gasteiger partial charge in [0.1, 0.15) is 11.4 Å². The maximum Gasteiger partial charge on any atom is 0.245 e. The first-order valence-corrected chi connectivity index (χ1v) is 12.0. The van der Waals surface area contributed by atoms with Gasteiger partial charge >= 0.3 is 0 Å². The highest BCUT2D eigenvalue weighted by atomic mass is 79.9. The van der Waals surface area contributed by atoms with Gasteiger partial charge in [-0.1, -0.05) is 43.5 Å². The zero-order chi connectivity index (χ0) is 23.3. The fraction of sp³-hybridized carbons (Fsp3) is 0.308. The Hall–Kier alpha value is -2.93. The number of hydrogen-bond acceptors (Lipinski definition) is 2. The fourth-order valence-corrected chi connectivity index (χ4v) is 4.84. The summed E-state index contributed by atoms with van der Waals surface area (Å²) in [6.45, 7) is 0.498. The van der Waals surface area contributed by atoms with Crippen LogP contribution in [0.4, 0.5) is 4.39 Å². The Balaban J connectivity index is 1.39. The number of amides is 2. The number of para-hydroxylation sites is 1. The number of H-pyrrole nitrogens is 1. The van der Waals surface area contributed by atoms with Crippen LogP contribution in [0.15, 0.2) is 59.2 Å². The minimum atomic E-state index is -0.900. The number of carbonyl (C=O) groups excluding carboxylic acids is 2. The molecule has 5 nitrogen and oxygen atoms in total. The Morgan fingerprint density at radius 1 is 1.12 bits per heavy atom. The van der Waals surface area contributed by atoms with E-state index >= 15 is 0 Å². The molecule has 2 amide bonds. The van der Waals surface area contributed by atoms with Crippen molar-refractivity contribution in [2.24, 2.45) is 0 Å². The molecule has 0 saturated heterocycles. The summed E-state index contributed by atoms with van der Waals surface area (Å²) in [5, 5.41) is 7.18. The summed E-state index contributed by atoms with van der Waals surface area (Å²) in [6.07, 6.45) is 9.78. The summed E-state index contributed by atoms with van der Waals surface area (Å²) < 4.78 is 13.8. The zero-order valence-electron chi connectivity index (χ0n) is 18.3. The maximum atomic E-state index is 13.4. The average Bonchev–Trinajstić information content (AvgIpc) is 3.23. The van der Waals surface area contributed by atoms with Crippen LogP contribution in [0, 0.1) is 5.82 Å². The molecule has 0 spiro atoms. The third-order valence-electron chi connectivity index (χ3n) is 6.23. The molecule has 3 N–H and O–H groups in total. The molecule has 0 bridgehead atoms. The number of fused-ring (bicyclic) bond motifs is 1. The SMILES string of the molecule is O=C(/C=C/c1ccc(F)c(Br)c1)NC1(C(=O)NCCc2c[nH]c3ccccc23)CCCCC1. The van der Waals surface area contributed by atoms with E-state index in [1.54, 1.807) is 18.2 Å². The third kappa shape index (κ3) is 5.53. The second-order valence-electron chi connectivity index (χ2n) is 8.50. The molecule has 0 radical (unpaired) electrons. The van der Waals surface area contributed by atoms with Crippen molar-refractivity contribution in [1.82, 2.24) is 15.6 Å². The number of aromatic nitrogens is 1. The van der Waals surface area contributed by atoms with Crippen LogP contribution in [0.2, 0.25) is 0 Å². The topological polar surface area (TPSA) is 74.0 Å². The van der Waals surface area contributed by atoms with Crippen LogP contribution in [-0.2, 0) is 16.0 Å². The standard InChI is InChI=1S/C26H27BrFN3O2/c27-21-16-18(8-10-22(21)28)9-11-24(32)31-26(13-4-1-5-14-26)25(33)29-15-12-19-17-30-23-7-3-2-6-20(19)23/h2-3,6-11,16-17,30H,1,4-5,12-15H2,(H,29,33)(H,31,32)/b11-9+. The van der Waals surface area contributed by atoms with Crippen molar-refractivity contribution in [1.29, 1.82) is 0 Å². The van der Waals surface area contributed by atoms with Gasteiger partial charge in [-0.2, -0.15) is 0 Å². The second-order valence-corrected chi connectivity index (χ2v) is 9.36. The van der Waals surface area contributed by atoms with Crippen LogP contribution in [0.5, 0.6) is 0 Å². The van der Waals surface area contributed by atoms with Crippen LogP contribution in [0.3, 0.4) is 0 Å². The second kappa shape index (κ2) is 10.3. The smallest absolute Gasteiger partial charge is 0.245 e. The first kappa shape index (κ1) is 23.2. The molecule has 1 aliphatic carbocycles. The van der Waals surface area contributed by atoms with E-state index in [0.717, 1.165) is 35.7 Å². The molecule has 0 unspecified atom stereocenters. The first-order valence-electron chi connectivity index (χ1n) is 11.3. The van der Waals surface area contributed by atoms with Crippen LogP contribution in [-0.4, -0.2) is 28.9 Å². The number of hydrogen-bond donors (Lipinski definition) is 3. The lowest BCUT2D eigenvalue weighted by Gasteiger charge is -2.36. The number of aromatic amines is 1. The molecule has 0 atom stereocenters. The molecule has 1 aliphatic rings. The summed E-state index contributed by atoms with van der Waals surface area (Å²) in [5.74, 6) is -0.820. The van der Waals surface area contributed by atoms with E-state index in [1.165, 1.54) is 12.1 Å². The van der Waals surface area contributed by atoms with Gasteiger partial charge in [0.2, 0.25) is 11.8 Å². The number of rotatable bonds is 7. The zero-order valence-corrected chi connectivity index (χ0v) is 19.9. The van der Waals surface area contributed by atoms with Gasteiger partial charge in [-0.3, -0.25) is 9.59 Å². The Morgan fingerprint density at radius 2 is 1.91 bits per heavy atom. The summed E-state index contributed by atoms with van der Waals surface area (Å²) in [6, 6.07) is 12.6. The fourth-order valence-electron chi connectivity index (χ4n) is 4.45. The maximum absolute atomic E-state index is 13.4. The highest BCUT2D eigenvalue weighted by Gasteiger charge is 2.40. The van der Waals surface area contributed by atoms with Crippen LogP contribution in [0.1, 0.15) is 43.2 Å². The van der Waals surface area contributed by atoms with E-state index in [1.807, 2.05) is 24.4 Å². The van der Waals surface area contributed by atoms with Crippen molar-refractivity contribution < 1.29 is 14.0 Å². The van der Waals surface area contributed by atoms with E-state index in [0.29, 0.717) is 35.8 Å². The van der Waals surface area contributed by atoms with Crippen molar-refractivity contribution in [3.8, 4) is 0 Å². The van der Waals surface area contributed by atoms with Gasteiger partial charge < -0.3 is 15.6 Å². The number of halogens is 2. The predicted molar refractivity (Wildman–Crippen MR) is 132 cm³/mol. The molecular formula is C26H27BrFN3O2. The molecule has 1 fully saturated rings. The summed E-state index contributed by atoms with van der Waals surface area (Å²) in [5.41, 5.74) is 2.03. The number of benzene rings is 2. The molecule has 7 heteroatoms. The van der Waals surface area contributed by atoms with Crippen LogP contribution < -0.4 is 10.6 Å². The molecular weight excluding hydrogens is 485 g/mol.